The number of pyridine rings is 1. The zero-order chi connectivity index (χ0) is 26.0. The fourth-order valence-corrected chi connectivity index (χ4v) is 5.01. The van der Waals surface area contributed by atoms with Crippen LogP contribution >= 0.6 is 11.6 Å². The summed E-state index contributed by atoms with van der Waals surface area (Å²) >= 11 is 6.22. The van der Waals surface area contributed by atoms with Crippen LogP contribution in [0.15, 0.2) is 18.3 Å². The summed E-state index contributed by atoms with van der Waals surface area (Å²) in [6.45, 7) is 0.912. The summed E-state index contributed by atoms with van der Waals surface area (Å²) in [7, 11) is 2.92. The molecule has 2 aromatic heterocycles. The smallest absolute Gasteiger partial charge is 0.404 e. The molecule has 2 aromatic rings. The Morgan fingerprint density at radius 3 is 2.56 bits per heavy atom. The number of alkyl halides is 3. The van der Waals surface area contributed by atoms with Crippen LogP contribution in [0, 0.1) is 5.92 Å². The molecule has 36 heavy (non-hydrogen) atoms. The minimum atomic E-state index is -4.27. The number of aromatic nitrogens is 3. The molecule has 2 fully saturated rings. The first-order valence-electron chi connectivity index (χ1n) is 11.7. The Morgan fingerprint density at radius 2 is 1.92 bits per heavy atom. The third-order valence-corrected chi connectivity index (χ3v) is 7.13. The highest BCUT2D eigenvalue weighted by Gasteiger charge is 2.45. The Balaban J connectivity index is 1.29. The number of nitrogens with zero attached hydrogens (tertiary/aromatic N) is 4. The van der Waals surface area contributed by atoms with Crippen molar-refractivity contribution in [2.75, 3.05) is 33.8 Å². The number of likely N-dealkylation sites (tertiary alicyclic amines) is 2. The molecule has 2 atom stereocenters. The number of likely N-dealkylation sites (N-methyl/N-ethyl adjacent to an activating group) is 1. The van der Waals surface area contributed by atoms with Crippen molar-refractivity contribution in [1.82, 2.24) is 30.3 Å². The lowest BCUT2D eigenvalue weighted by Gasteiger charge is -2.39. The van der Waals surface area contributed by atoms with Crippen molar-refractivity contribution in [2.45, 2.75) is 43.9 Å². The summed E-state index contributed by atoms with van der Waals surface area (Å²) in [6, 6.07) is 1.46. The first kappa shape index (κ1) is 26.2. The second kappa shape index (κ2) is 10.6. The Hall–Kier alpha value is -2.86. The van der Waals surface area contributed by atoms with Crippen LogP contribution in [0.3, 0.4) is 0 Å². The number of carbonyl (C=O) groups is 2. The number of hydrogen-bond acceptors (Lipinski definition) is 6. The first-order valence-corrected chi connectivity index (χ1v) is 12.1. The van der Waals surface area contributed by atoms with E-state index in [1.807, 2.05) is 0 Å². The van der Waals surface area contributed by atoms with Crippen LogP contribution in [-0.2, 0) is 4.79 Å². The molecule has 2 saturated heterocycles. The number of halogens is 4. The molecule has 0 aliphatic carbocycles. The van der Waals surface area contributed by atoms with E-state index in [-0.39, 0.29) is 48.9 Å². The van der Waals surface area contributed by atoms with Crippen molar-refractivity contribution in [3.63, 3.8) is 0 Å². The molecule has 2 aliphatic heterocycles. The van der Waals surface area contributed by atoms with Crippen LogP contribution in [0.2, 0.25) is 5.02 Å². The summed E-state index contributed by atoms with van der Waals surface area (Å²) in [5.41, 5.74) is 1.37. The van der Waals surface area contributed by atoms with Crippen LogP contribution < -0.4 is 10.1 Å². The van der Waals surface area contributed by atoms with Gasteiger partial charge in [0.05, 0.1) is 24.0 Å². The predicted octanol–water partition coefficient (Wildman–Crippen LogP) is 3.13. The maximum absolute atomic E-state index is 13.1. The topological polar surface area (TPSA) is 103 Å². The molecule has 0 radical (unpaired) electrons. The number of ether oxygens (including phenoxy) is 1. The molecule has 0 bridgehead atoms. The highest BCUT2D eigenvalue weighted by molar-refractivity contribution is 6.33. The molecule has 2 aliphatic rings. The molecule has 4 rings (SSSR count). The minimum absolute atomic E-state index is 0.0406. The highest BCUT2D eigenvalue weighted by atomic mass is 35.5. The molecule has 9 nitrogen and oxygen atoms in total. The van der Waals surface area contributed by atoms with Gasteiger partial charge in [-0.05, 0) is 38.8 Å². The molecule has 0 unspecified atom stereocenters. The molecular formula is C23H28ClF3N6O3. The maximum Gasteiger partial charge on any atom is 0.404 e. The van der Waals surface area contributed by atoms with Gasteiger partial charge in [-0.15, -0.1) is 0 Å². The molecule has 0 spiro atoms. The van der Waals surface area contributed by atoms with Gasteiger partial charge in [-0.2, -0.15) is 18.3 Å². The van der Waals surface area contributed by atoms with Crippen LogP contribution in [0.4, 0.5) is 13.2 Å². The van der Waals surface area contributed by atoms with Crippen molar-refractivity contribution < 1.29 is 27.5 Å². The van der Waals surface area contributed by atoms with Crippen molar-refractivity contribution in [3.8, 4) is 17.1 Å². The van der Waals surface area contributed by atoms with Crippen molar-refractivity contribution in [1.29, 1.82) is 0 Å². The fraction of sp³-hybridized carbons (Fsp3) is 0.565. The Labute approximate surface area is 211 Å². The van der Waals surface area contributed by atoms with Crippen molar-refractivity contribution >= 4 is 23.4 Å². The second-order valence-corrected chi connectivity index (χ2v) is 9.63. The number of piperidine rings is 2. The van der Waals surface area contributed by atoms with Crippen LogP contribution in [0.5, 0.6) is 5.88 Å². The number of rotatable bonds is 5. The van der Waals surface area contributed by atoms with E-state index < -0.39 is 12.2 Å². The van der Waals surface area contributed by atoms with Gasteiger partial charge in [-0.25, -0.2) is 4.98 Å². The van der Waals surface area contributed by atoms with Gasteiger partial charge in [-0.1, -0.05) is 11.6 Å². The van der Waals surface area contributed by atoms with Crippen LogP contribution in [-0.4, -0.2) is 88.8 Å². The molecule has 13 heteroatoms. The zero-order valence-electron chi connectivity index (χ0n) is 19.9. The second-order valence-electron chi connectivity index (χ2n) is 9.22. The standard InChI is InChI=1S/C23H28ClF3N6O3/c1-32-12-14(3-4-19(32)23(25,26)27)29-21(34)13-5-7-33(8-6-13)22(35)18-10-17(30-31-18)15-9-20(36-2)28-11-16(15)24/h9-11,13-14,19H,3-8,12H2,1-2H3,(H,29,34)(H,30,31)/t14-,19+/m1/s1. The summed E-state index contributed by atoms with van der Waals surface area (Å²) in [5.74, 6) is -0.357. The quantitative estimate of drug-likeness (QED) is 0.618. The number of hydrogen-bond donors (Lipinski definition) is 2. The summed E-state index contributed by atoms with van der Waals surface area (Å²) in [4.78, 5) is 32.6. The third kappa shape index (κ3) is 5.75. The summed E-state index contributed by atoms with van der Waals surface area (Å²) < 4.78 is 44.3. The Bertz CT molecular complexity index is 1100. The van der Waals surface area contributed by atoms with Gasteiger partial charge in [0, 0.05) is 43.2 Å². The van der Waals surface area contributed by atoms with Gasteiger partial charge in [-0.3, -0.25) is 19.6 Å². The lowest BCUT2D eigenvalue weighted by Crippen LogP contribution is -2.55. The van der Waals surface area contributed by atoms with E-state index in [1.54, 1.807) is 17.0 Å². The van der Waals surface area contributed by atoms with Crippen molar-refractivity contribution in [2.24, 2.45) is 5.92 Å². The maximum atomic E-state index is 13.1. The molecular weight excluding hydrogens is 501 g/mol. The molecule has 0 saturated carbocycles. The van der Waals surface area contributed by atoms with Crippen molar-refractivity contribution in [3.05, 3.63) is 29.0 Å². The molecule has 2 amide bonds. The van der Waals surface area contributed by atoms with Gasteiger partial charge in [0.2, 0.25) is 11.8 Å². The average Bonchev–Trinajstić information content (AvgIpc) is 3.33. The van der Waals surface area contributed by atoms with E-state index in [0.717, 1.165) is 0 Å². The van der Waals surface area contributed by atoms with E-state index >= 15 is 0 Å². The molecule has 4 heterocycles. The first-order chi connectivity index (χ1) is 17.1. The average molecular weight is 529 g/mol. The third-order valence-electron chi connectivity index (χ3n) is 6.83. The van der Waals surface area contributed by atoms with E-state index in [2.05, 4.69) is 20.5 Å². The molecule has 196 valence electrons. The number of aromatic amines is 1. The highest BCUT2D eigenvalue weighted by Crippen LogP contribution is 2.32. The normalized spacial score (nSPS) is 21.9. The minimum Gasteiger partial charge on any atom is -0.481 e. The monoisotopic (exact) mass is 528 g/mol. The number of methoxy groups -OCH3 is 1. The molecule has 2 N–H and O–H groups in total. The van der Waals surface area contributed by atoms with E-state index in [0.29, 0.717) is 48.1 Å². The SMILES string of the molecule is COc1cc(-c2cc(C(=O)N3CCC(C(=O)N[C@@H]4CC[C@@H](C(F)(F)F)N(C)C4)CC3)n[nH]2)c(Cl)cn1. The van der Waals surface area contributed by atoms with E-state index in [1.165, 1.54) is 25.3 Å². The predicted molar refractivity (Wildman–Crippen MR) is 126 cm³/mol. The van der Waals surface area contributed by atoms with E-state index in [9.17, 15) is 22.8 Å². The Morgan fingerprint density at radius 1 is 1.19 bits per heavy atom. The zero-order valence-corrected chi connectivity index (χ0v) is 20.7. The summed E-state index contributed by atoms with van der Waals surface area (Å²) in [6.07, 6.45) is -1.64. The number of amides is 2. The lowest BCUT2D eigenvalue weighted by molar-refractivity contribution is -0.188. The van der Waals surface area contributed by atoms with Crippen LogP contribution in [0.25, 0.3) is 11.3 Å². The van der Waals surface area contributed by atoms with E-state index in [4.69, 9.17) is 16.3 Å². The Kier molecular flexibility index (Phi) is 7.74. The number of nitrogens with one attached hydrogen (secondary N) is 2. The van der Waals surface area contributed by atoms with Gasteiger partial charge >= 0.3 is 6.18 Å². The van der Waals surface area contributed by atoms with Gasteiger partial charge < -0.3 is 15.0 Å². The van der Waals surface area contributed by atoms with Crippen LogP contribution in [0.1, 0.15) is 36.2 Å². The summed E-state index contributed by atoms with van der Waals surface area (Å²) in [5, 5.41) is 10.2. The largest absolute Gasteiger partial charge is 0.481 e. The lowest BCUT2D eigenvalue weighted by atomic mass is 9.93. The van der Waals surface area contributed by atoms with Gasteiger partial charge in [0.25, 0.3) is 5.91 Å². The van der Waals surface area contributed by atoms with Gasteiger partial charge in [0.1, 0.15) is 6.04 Å². The fourth-order valence-electron chi connectivity index (χ4n) is 4.81. The van der Waals surface area contributed by atoms with Gasteiger partial charge in [0.15, 0.2) is 5.69 Å². The molecule has 0 aromatic carbocycles. The number of carbonyl (C=O) groups excluding carboxylic acids is 2. The number of H-pyrrole nitrogens is 1.